The molecular formula is C63H51N. The van der Waals surface area contributed by atoms with Gasteiger partial charge in [0.2, 0.25) is 0 Å². The van der Waals surface area contributed by atoms with Crippen molar-refractivity contribution in [3.63, 3.8) is 0 Å². The van der Waals surface area contributed by atoms with Crippen molar-refractivity contribution in [3.8, 4) is 66.8 Å². The molecule has 12 rings (SSSR count). The molecule has 0 N–H and O–H groups in total. The van der Waals surface area contributed by atoms with Crippen molar-refractivity contribution in [2.24, 2.45) is 0 Å². The number of anilines is 3. The zero-order valence-corrected chi connectivity index (χ0v) is 37.5. The number of nitrogens with zero attached hydrogens (tertiary/aromatic N) is 1. The van der Waals surface area contributed by atoms with E-state index in [2.05, 4.69) is 247 Å². The topological polar surface area (TPSA) is 3.24 Å². The third-order valence-corrected chi connectivity index (χ3v) is 15.1. The third-order valence-electron chi connectivity index (χ3n) is 15.1. The Balaban J connectivity index is 1.13. The first-order valence-corrected chi connectivity index (χ1v) is 22.8. The predicted octanol–water partition coefficient (Wildman–Crippen LogP) is 17.1. The van der Waals surface area contributed by atoms with E-state index in [4.69, 9.17) is 0 Å². The summed E-state index contributed by atoms with van der Waals surface area (Å²) in [5, 5.41) is 0. The highest BCUT2D eigenvalue weighted by molar-refractivity contribution is 6.00. The first-order chi connectivity index (χ1) is 31.0. The maximum Gasteiger partial charge on any atom is 0.0618 e. The van der Waals surface area contributed by atoms with Crippen molar-refractivity contribution in [3.05, 3.63) is 234 Å². The lowest BCUT2D eigenvalue weighted by Gasteiger charge is -2.32. The molecule has 308 valence electrons. The van der Waals surface area contributed by atoms with E-state index in [1.165, 1.54) is 106 Å². The molecule has 0 atom stereocenters. The molecule has 9 aromatic carbocycles. The lowest BCUT2D eigenvalue weighted by Crippen LogP contribution is -2.17. The summed E-state index contributed by atoms with van der Waals surface area (Å²) >= 11 is 0. The molecule has 0 aromatic heterocycles. The Morgan fingerprint density at radius 3 is 1.08 bits per heavy atom. The van der Waals surface area contributed by atoms with Crippen molar-refractivity contribution < 1.29 is 0 Å². The summed E-state index contributed by atoms with van der Waals surface area (Å²) in [6, 6.07) is 75.4. The molecule has 0 radical (unpaired) electrons. The van der Waals surface area contributed by atoms with Crippen molar-refractivity contribution in [1.82, 2.24) is 0 Å². The van der Waals surface area contributed by atoms with Gasteiger partial charge in [-0.1, -0.05) is 205 Å². The Labute approximate surface area is 378 Å². The average molecular weight is 822 g/mol. The Bertz CT molecular complexity index is 3220. The molecule has 0 saturated heterocycles. The molecule has 1 heteroatoms. The van der Waals surface area contributed by atoms with Crippen molar-refractivity contribution in [1.29, 1.82) is 0 Å². The molecule has 0 saturated carbocycles. The molecule has 64 heavy (non-hydrogen) atoms. The highest BCUT2D eigenvalue weighted by atomic mass is 15.1. The van der Waals surface area contributed by atoms with Gasteiger partial charge < -0.3 is 4.90 Å². The van der Waals surface area contributed by atoms with Gasteiger partial charge in [0.25, 0.3) is 0 Å². The van der Waals surface area contributed by atoms with Gasteiger partial charge in [0.1, 0.15) is 0 Å². The van der Waals surface area contributed by atoms with Crippen LogP contribution in [0, 0.1) is 0 Å². The Kier molecular flexibility index (Phi) is 8.35. The Hall–Kier alpha value is -7.22. The van der Waals surface area contributed by atoms with Crippen LogP contribution in [-0.4, -0.2) is 0 Å². The van der Waals surface area contributed by atoms with E-state index in [9.17, 15) is 0 Å². The van der Waals surface area contributed by atoms with E-state index in [1.807, 2.05) is 0 Å². The number of hydrogen-bond donors (Lipinski definition) is 0. The molecule has 9 aromatic rings. The summed E-state index contributed by atoms with van der Waals surface area (Å²) in [6.07, 6.45) is 0. The molecule has 3 aliphatic rings. The molecule has 0 bridgehead atoms. The van der Waals surface area contributed by atoms with Gasteiger partial charge in [0, 0.05) is 38.7 Å². The fraction of sp³-hybridized carbons (Fsp3) is 0.143. The van der Waals surface area contributed by atoms with Gasteiger partial charge in [-0.3, -0.25) is 0 Å². The Morgan fingerprint density at radius 1 is 0.250 bits per heavy atom. The number of rotatable bonds is 6. The van der Waals surface area contributed by atoms with E-state index in [1.54, 1.807) is 0 Å². The smallest absolute Gasteiger partial charge is 0.0618 e. The highest BCUT2D eigenvalue weighted by Crippen LogP contribution is 2.56. The minimum Gasteiger partial charge on any atom is -0.309 e. The largest absolute Gasteiger partial charge is 0.309 e. The quantitative estimate of drug-likeness (QED) is 0.161. The number of fused-ring (bicyclic) bond motifs is 9. The van der Waals surface area contributed by atoms with Crippen LogP contribution in [0.5, 0.6) is 0 Å². The van der Waals surface area contributed by atoms with Crippen LogP contribution in [0.15, 0.2) is 200 Å². The van der Waals surface area contributed by atoms with E-state index in [0.717, 1.165) is 11.4 Å². The fourth-order valence-electron chi connectivity index (χ4n) is 11.7. The summed E-state index contributed by atoms with van der Waals surface area (Å²) in [6.45, 7) is 14.3. The van der Waals surface area contributed by atoms with Gasteiger partial charge in [0.15, 0.2) is 0 Å². The normalized spacial score (nSPS) is 15.1. The predicted molar refractivity (Wildman–Crippen MR) is 270 cm³/mol. The molecular weight excluding hydrogens is 771 g/mol. The van der Waals surface area contributed by atoms with Crippen LogP contribution in [0.3, 0.4) is 0 Å². The zero-order chi connectivity index (χ0) is 43.5. The lowest BCUT2D eigenvalue weighted by atomic mass is 9.80. The van der Waals surface area contributed by atoms with E-state index < -0.39 is 0 Å². The van der Waals surface area contributed by atoms with Crippen LogP contribution in [0.1, 0.15) is 74.9 Å². The molecule has 0 amide bonds. The van der Waals surface area contributed by atoms with E-state index in [0.29, 0.717) is 0 Å². The van der Waals surface area contributed by atoms with Crippen molar-refractivity contribution in [2.45, 2.75) is 57.8 Å². The van der Waals surface area contributed by atoms with Crippen LogP contribution in [0.2, 0.25) is 0 Å². The molecule has 0 aliphatic heterocycles. The first kappa shape index (κ1) is 38.5. The van der Waals surface area contributed by atoms with E-state index >= 15 is 0 Å². The number of benzene rings is 9. The minimum atomic E-state index is -0.158. The lowest BCUT2D eigenvalue weighted by molar-refractivity contribution is 0.660. The SMILES string of the molecule is CC1(C)c2ccccc2-c2ccc(-c3cccc(-c4ccc5c(c4)C(C)(C)c4ccccc4-5)c3N(c3ccc(-c4ccccc4)cc3)c3ccc4c(c3)C(C)(C)c3ccccc3-4)cc21. The average Bonchev–Trinajstić information content (AvgIpc) is 3.81. The van der Waals surface area contributed by atoms with E-state index in [-0.39, 0.29) is 16.2 Å². The number of hydrogen-bond acceptors (Lipinski definition) is 1. The maximum absolute atomic E-state index is 2.55. The summed E-state index contributed by atoms with van der Waals surface area (Å²) in [5.74, 6) is 0. The second kappa shape index (κ2) is 13.9. The molecule has 0 spiro atoms. The van der Waals surface area contributed by atoms with Gasteiger partial charge in [-0.25, -0.2) is 0 Å². The summed E-state index contributed by atoms with van der Waals surface area (Å²) in [4.78, 5) is 2.55. The standard InChI is InChI=1S/C63H51N/c1-61(2)54-24-13-10-19-48(54)51-34-29-42(37-57(51)61)46-22-16-23-47(43-30-35-52-49-20-11-14-25-55(49)62(3,4)58(52)38-43)60(46)64(44-31-27-41(28-32-44)40-17-8-7-9-18-40)45-33-36-53-50-21-12-15-26-56(50)63(5,6)59(53)39-45/h7-39H,1-6H3. The second-order valence-electron chi connectivity index (χ2n) is 19.7. The van der Waals surface area contributed by atoms with Gasteiger partial charge in [-0.2, -0.15) is 0 Å². The van der Waals surface area contributed by atoms with Crippen LogP contribution in [-0.2, 0) is 16.2 Å². The molecule has 3 aliphatic carbocycles. The highest BCUT2D eigenvalue weighted by Gasteiger charge is 2.39. The van der Waals surface area contributed by atoms with Gasteiger partial charge in [0.05, 0.1) is 5.69 Å². The minimum absolute atomic E-state index is 0.131. The summed E-state index contributed by atoms with van der Waals surface area (Å²) in [5.41, 5.74) is 26.5. The van der Waals surface area contributed by atoms with Crippen LogP contribution in [0.4, 0.5) is 17.1 Å². The van der Waals surface area contributed by atoms with Crippen molar-refractivity contribution in [2.75, 3.05) is 4.90 Å². The molecule has 0 unspecified atom stereocenters. The third kappa shape index (κ3) is 5.56. The maximum atomic E-state index is 2.55. The van der Waals surface area contributed by atoms with Crippen LogP contribution >= 0.6 is 0 Å². The van der Waals surface area contributed by atoms with Gasteiger partial charge >= 0.3 is 0 Å². The van der Waals surface area contributed by atoms with Gasteiger partial charge in [-0.15, -0.1) is 0 Å². The summed E-state index contributed by atoms with van der Waals surface area (Å²) in [7, 11) is 0. The first-order valence-electron chi connectivity index (χ1n) is 22.8. The van der Waals surface area contributed by atoms with Gasteiger partial charge in [-0.05, 0) is 125 Å². The fourth-order valence-corrected chi connectivity index (χ4v) is 11.7. The second-order valence-corrected chi connectivity index (χ2v) is 19.7. The molecule has 0 fully saturated rings. The van der Waals surface area contributed by atoms with Crippen LogP contribution < -0.4 is 4.90 Å². The number of para-hydroxylation sites is 1. The monoisotopic (exact) mass is 821 g/mol. The Morgan fingerprint density at radius 2 is 0.594 bits per heavy atom. The zero-order valence-electron chi connectivity index (χ0n) is 37.5. The molecule has 0 heterocycles. The summed E-state index contributed by atoms with van der Waals surface area (Å²) < 4.78 is 0. The van der Waals surface area contributed by atoms with Crippen LogP contribution in [0.25, 0.3) is 66.8 Å². The van der Waals surface area contributed by atoms with Crippen molar-refractivity contribution >= 4 is 17.1 Å². The molecule has 1 nitrogen and oxygen atoms in total.